The molecule has 0 radical (unpaired) electrons. The number of fused-ring (bicyclic) bond motifs is 2. The fraction of sp³-hybridized carbons (Fsp3) is 0.472. The van der Waals surface area contributed by atoms with E-state index in [1.807, 2.05) is 107 Å². The molecule has 2 aromatic rings. The van der Waals surface area contributed by atoms with E-state index in [1.54, 1.807) is 14.7 Å². The molecule has 7 atom stereocenters. The van der Waals surface area contributed by atoms with Gasteiger partial charge in [-0.3, -0.25) is 14.4 Å². The first-order valence-corrected chi connectivity index (χ1v) is 15.9. The highest BCUT2D eigenvalue weighted by Gasteiger charge is 2.76. The molecule has 4 aliphatic rings. The molecule has 3 amide bonds. The highest BCUT2D eigenvalue weighted by Crippen LogP contribution is 2.59. The van der Waals surface area contributed by atoms with Crippen molar-refractivity contribution in [3.8, 4) is 0 Å². The van der Waals surface area contributed by atoms with Crippen molar-refractivity contribution in [1.82, 2.24) is 4.90 Å². The van der Waals surface area contributed by atoms with Crippen LogP contribution in [-0.2, 0) is 19.1 Å². The van der Waals surface area contributed by atoms with Gasteiger partial charge in [0.25, 0.3) is 5.91 Å². The second-order valence-corrected chi connectivity index (χ2v) is 12.8. The average molecular weight is 598 g/mol. The third-order valence-corrected chi connectivity index (χ3v) is 10.5. The highest BCUT2D eigenvalue weighted by atomic mass is 16.5. The van der Waals surface area contributed by atoms with Crippen molar-refractivity contribution in [1.29, 1.82) is 0 Å². The number of hydrogen-bond donors (Lipinski definition) is 1. The molecule has 6 rings (SSSR count). The van der Waals surface area contributed by atoms with Gasteiger partial charge >= 0.3 is 0 Å². The van der Waals surface area contributed by atoms with E-state index < -0.39 is 35.1 Å². The lowest BCUT2D eigenvalue weighted by Crippen LogP contribution is -2.60. The average Bonchev–Trinajstić information content (AvgIpc) is 3.31. The zero-order chi connectivity index (χ0) is 31.4. The predicted molar refractivity (Wildman–Crippen MR) is 170 cm³/mol. The van der Waals surface area contributed by atoms with E-state index >= 15 is 4.79 Å². The molecule has 2 aromatic carbocycles. The summed E-state index contributed by atoms with van der Waals surface area (Å²) in [6.07, 6.45) is 8.86. The largest absolute Gasteiger partial charge is 0.394 e. The van der Waals surface area contributed by atoms with Crippen LogP contribution in [0.4, 0.5) is 11.4 Å². The second-order valence-electron chi connectivity index (χ2n) is 12.8. The van der Waals surface area contributed by atoms with Gasteiger partial charge in [0.1, 0.15) is 11.6 Å². The van der Waals surface area contributed by atoms with Crippen LogP contribution < -0.4 is 9.80 Å². The van der Waals surface area contributed by atoms with E-state index in [1.165, 1.54) is 0 Å². The van der Waals surface area contributed by atoms with Crippen molar-refractivity contribution in [2.45, 2.75) is 70.7 Å². The third-order valence-electron chi connectivity index (χ3n) is 10.5. The summed E-state index contributed by atoms with van der Waals surface area (Å²) in [4.78, 5) is 49.7. The van der Waals surface area contributed by atoms with E-state index in [-0.39, 0.29) is 30.2 Å². The van der Waals surface area contributed by atoms with Crippen molar-refractivity contribution in [2.75, 3.05) is 29.5 Å². The first kappa shape index (κ1) is 30.3. The number of aliphatic hydroxyl groups is 1. The van der Waals surface area contributed by atoms with Gasteiger partial charge in [-0.1, -0.05) is 87.9 Å². The van der Waals surface area contributed by atoms with Crippen LogP contribution in [0, 0.1) is 31.6 Å². The van der Waals surface area contributed by atoms with Crippen molar-refractivity contribution >= 4 is 29.1 Å². The van der Waals surface area contributed by atoms with E-state index in [4.69, 9.17) is 4.74 Å². The molecule has 0 aliphatic carbocycles. The predicted octanol–water partition coefficient (Wildman–Crippen LogP) is 4.58. The molecule has 0 bridgehead atoms. The maximum atomic E-state index is 15.0. The maximum absolute atomic E-state index is 15.0. The minimum absolute atomic E-state index is 0.0880. The Bertz CT molecular complexity index is 1500. The summed E-state index contributed by atoms with van der Waals surface area (Å²) in [5, 5.41) is 10.7. The highest BCUT2D eigenvalue weighted by molar-refractivity contribution is 6.08. The second kappa shape index (κ2) is 11.3. The Morgan fingerprint density at radius 2 is 1.52 bits per heavy atom. The van der Waals surface area contributed by atoms with E-state index in [2.05, 4.69) is 0 Å². The first-order chi connectivity index (χ1) is 21.2. The van der Waals surface area contributed by atoms with Crippen LogP contribution in [0.3, 0.4) is 0 Å². The van der Waals surface area contributed by atoms with Crippen LogP contribution in [0.2, 0.25) is 0 Å². The van der Waals surface area contributed by atoms with Gasteiger partial charge in [0.05, 0.1) is 30.1 Å². The van der Waals surface area contributed by atoms with E-state index in [0.717, 1.165) is 22.5 Å². The molecule has 0 aromatic heterocycles. The Kier molecular flexibility index (Phi) is 7.79. The van der Waals surface area contributed by atoms with Crippen molar-refractivity contribution in [3.63, 3.8) is 0 Å². The summed E-state index contributed by atoms with van der Waals surface area (Å²) in [7, 11) is 0. The molecule has 1 unspecified atom stereocenters. The van der Waals surface area contributed by atoms with Crippen molar-refractivity contribution in [3.05, 3.63) is 84.0 Å². The fourth-order valence-corrected chi connectivity index (χ4v) is 8.14. The topological polar surface area (TPSA) is 90.4 Å². The number of anilines is 2. The third kappa shape index (κ3) is 4.29. The van der Waals surface area contributed by atoms with Crippen LogP contribution in [0.25, 0.3) is 0 Å². The van der Waals surface area contributed by atoms with Gasteiger partial charge in [-0.15, -0.1) is 0 Å². The van der Waals surface area contributed by atoms with Crippen LogP contribution in [-0.4, -0.2) is 70.7 Å². The summed E-state index contributed by atoms with van der Waals surface area (Å²) in [5.74, 6) is -2.65. The van der Waals surface area contributed by atoms with Gasteiger partial charge in [0, 0.05) is 24.5 Å². The minimum Gasteiger partial charge on any atom is -0.394 e. The molecule has 2 fully saturated rings. The number of para-hydroxylation sites is 2. The van der Waals surface area contributed by atoms with Gasteiger partial charge in [0.2, 0.25) is 11.8 Å². The summed E-state index contributed by atoms with van der Waals surface area (Å²) < 4.78 is 7.14. The molecule has 8 nitrogen and oxygen atoms in total. The molecule has 4 aliphatic heterocycles. The van der Waals surface area contributed by atoms with Gasteiger partial charge in [-0.05, 0) is 49.4 Å². The lowest BCUT2D eigenvalue weighted by molar-refractivity contribution is -0.150. The Hall–Kier alpha value is -3.75. The molecule has 8 heteroatoms. The zero-order valence-electron chi connectivity index (χ0n) is 26.3. The number of carbonyl (C=O) groups excluding carboxylic acids is 3. The zero-order valence-corrected chi connectivity index (χ0v) is 26.3. The number of amides is 3. The molecule has 232 valence electrons. The fourth-order valence-electron chi connectivity index (χ4n) is 8.14. The van der Waals surface area contributed by atoms with E-state index in [0.29, 0.717) is 25.9 Å². The van der Waals surface area contributed by atoms with Gasteiger partial charge in [0.15, 0.2) is 0 Å². The summed E-state index contributed by atoms with van der Waals surface area (Å²) in [6, 6.07) is 13.7. The standard InChI is InChI=1S/C36H43N3O5/c1-6-23(3)27(22-40)39-31-34(43)38(30-24(4)14-11-15-25(30)5)21-13-19-36(31)29(33(39)42)28-32(41)37(26-16-9-8-10-17-26)20-12-18-35(28,7-2)44-36/h8-19,23,27-29,31,40H,6-7,20-22H2,1-5H3/t23-,27-,28-,29-,31?,35+,36-/m0/s1. The van der Waals surface area contributed by atoms with Crippen LogP contribution in [0.15, 0.2) is 72.8 Å². The molecule has 1 spiro atoms. The van der Waals surface area contributed by atoms with Gasteiger partial charge in [-0.2, -0.15) is 0 Å². The van der Waals surface area contributed by atoms with Crippen molar-refractivity contribution in [2.24, 2.45) is 17.8 Å². The molecular weight excluding hydrogens is 554 g/mol. The van der Waals surface area contributed by atoms with Crippen LogP contribution >= 0.6 is 0 Å². The number of aryl methyl sites for hydroxylation is 2. The van der Waals surface area contributed by atoms with Crippen LogP contribution in [0.1, 0.15) is 44.7 Å². The summed E-state index contributed by atoms with van der Waals surface area (Å²) in [6.45, 7) is 10.3. The number of hydrogen-bond acceptors (Lipinski definition) is 5. The monoisotopic (exact) mass is 597 g/mol. The Labute approximate surface area is 260 Å². The lowest BCUT2D eigenvalue weighted by atomic mass is 9.73. The Morgan fingerprint density at radius 3 is 2.16 bits per heavy atom. The molecule has 4 heterocycles. The SMILES string of the molecule is CC[C@H](C)[C@H](CO)N1C(=O)[C@@H]2[C@H]3C(=O)N(c4ccccc4)CC=C[C@@]3(CC)O[C@@]23C=CCN(c2c(C)cccc2C)C(=O)C13. The Morgan fingerprint density at radius 1 is 0.864 bits per heavy atom. The number of aliphatic hydroxyl groups excluding tert-OH is 1. The molecular formula is C36H43N3O5. The number of carbonyl (C=O) groups is 3. The number of benzene rings is 2. The maximum Gasteiger partial charge on any atom is 0.253 e. The molecule has 1 N–H and O–H groups in total. The number of nitrogens with zero attached hydrogens (tertiary/aromatic N) is 3. The first-order valence-electron chi connectivity index (χ1n) is 15.9. The number of likely N-dealkylation sites (tertiary alicyclic amines) is 1. The lowest BCUT2D eigenvalue weighted by Gasteiger charge is -2.42. The summed E-state index contributed by atoms with van der Waals surface area (Å²) in [5.41, 5.74) is 0.998. The Balaban J connectivity index is 1.55. The summed E-state index contributed by atoms with van der Waals surface area (Å²) >= 11 is 0. The quantitative estimate of drug-likeness (QED) is 0.472. The number of ether oxygens (including phenoxy) is 1. The van der Waals surface area contributed by atoms with Crippen molar-refractivity contribution < 1.29 is 24.2 Å². The van der Waals surface area contributed by atoms with E-state index in [9.17, 15) is 14.7 Å². The smallest absolute Gasteiger partial charge is 0.253 e. The minimum atomic E-state index is -1.39. The van der Waals surface area contributed by atoms with Crippen LogP contribution in [0.5, 0.6) is 0 Å². The molecule has 44 heavy (non-hydrogen) atoms. The number of rotatable bonds is 7. The molecule has 0 saturated carbocycles. The van der Waals surface area contributed by atoms with Gasteiger partial charge in [-0.25, -0.2) is 0 Å². The molecule has 2 saturated heterocycles. The normalized spacial score (nSPS) is 31.0. The van der Waals surface area contributed by atoms with Gasteiger partial charge < -0.3 is 24.5 Å².